The van der Waals surface area contributed by atoms with Crippen molar-refractivity contribution in [1.82, 2.24) is 4.98 Å². The number of carbonyl (C=O) groups excluding carboxylic acids is 1. The minimum absolute atomic E-state index is 0.339. The Balaban J connectivity index is 1.92. The van der Waals surface area contributed by atoms with Gasteiger partial charge in [0.25, 0.3) is 0 Å². The second-order valence-corrected chi connectivity index (χ2v) is 5.65. The molecule has 0 bridgehead atoms. The number of hydrogen-bond donors (Lipinski definition) is 1. The first-order valence-electron chi connectivity index (χ1n) is 7.14. The summed E-state index contributed by atoms with van der Waals surface area (Å²) in [4.78, 5) is 16.1. The van der Waals surface area contributed by atoms with Gasteiger partial charge in [0, 0.05) is 6.20 Å². The van der Waals surface area contributed by atoms with E-state index in [0.717, 1.165) is 42.5 Å². The summed E-state index contributed by atoms with van der Waals surface area (Å²) in [6.07, 6.45) is 9.09. The molecule has 1 saturated carbocycles. The van der Waals surface area contributed by atoms with Crippen LogP contribution in [0.4, 0.5) is 0 Å². The second kappa shape index (κ2) is 5.02. The highest BCUT2D eigenvalue weighted by atomic mass is 16.5. The third-order valence-corrected chi connectivity index (χ3v) is 4.45. The molecule has 1 aromatic heterocycles. The third-order valence-electron chi connectivity index (χ3n) is 4.45. The van der Waals surface area contributed by atoms with Gasteiger partial charge < -0.3 is 9.84 Å². The fourth-order valence-corrected chi connectivity index (χ4v) is 3.28. The van der Waals surface area contributed by atoms with Crippen LogP contribution in [0.5, 0.6) is 0 Å². The minimum atomic E-state index is -0.716. The number of ether oxygens (including phenoxy) is 1. The van der Waals surface area contributed by atoms with Crippen molar-refractivity contribution in [3.63, 3.8) is 0 Å². The number of fused-ring (bicyclic) bond motifs is 1. The van der Waals surface area contributed by atoms with Gasteiger partial charge in [-0.05, 0) is 42.5 Å². The molecule has 3 rings (SSSR count). The summed E-state index contributed by atoms with van der Waals surface area (Å²) < 4.78 is 4.82. The maximum atomic E-state index is 11.8. The van der Waals surface area contributed by atoms with E-state index in [2.05, 4.69) is 4.98 Å². The van der Waals surface area contributed by atoms with Crippen molar-refractivity contribution in [3.8, 4) is 0 Å². The maximum absolute atomic E-state index is 11.8. The lowest BCUT2D eigenvalue weighted by molar-refractivity contribution is 0.0388. The molecule has 1 aromatic rings. The van der Waals surface area contributed by atoms with Crippen LogP contribution in [-0.4, -0.2) is 28.8 Å². The van der Waals surface area contributed by atoms with Crippen molar-refractivity contribution in [1.29, 1.82) is 0 Å². The second-order valence-electron chi connectivity index (χ2n) is 5.65. The zero-order valence-corrected chi connectivity index (χ0v) is 11.7. The molecule has 0 radical (unpaired) electrons. The Kier molecular flexibility index (Phi) is 3.34. The van der Waals surface area contributed by atoms with E-state index in [0.29, 0.717) is 12.0 Å². The van der Waals surface area contributed by atoms with Gasteiger partial charge in [0.05, 0.1) is 24.0 Å². The lowest BCUT2D eigenvalue weighted by Crippen LogP contribution is -2.33. The van der Waals surface area contributed by atoms with Crippen molar-refractivity contribution < 1.29 is 14.6 Å². The molecule has 0 unspecified atom stereocenters. The van der Waals surface area contributed by atoms with E-state index < -0.39 is 5.60 Å². The molecule has 0 saturated heterocycles. The molecule has 0 atom stereocenters. The van der Waals surface area contributed by atoms with Crippen LogP contribution < -0.4 is 0 Å². The van der Waals surface area contributed by atoms with E-state index in [1.54, 1.807) is 12.3 Å². The summed E-state index contributed by atoms with van der Waals surface area (Å²) in [5.41, 5.74) is 2.52. The molecule has 0 spiro atoms. The Morgan fingerprint density at radius 3 is 2.80 bits per heavy atom. The van der Waals surface area contributed by atoms with Crippen molar-refractivity contribution in [2.45, 2.75) is 44.1 Å². The molecule has 2 aliphatic carbocycles. The molecule has 4 heteroatoms. The van der Waals surface area contributed by atoms with Crippen LogP contribution in [0.2, 0.25) is 0 Å². The molecule has 1 N–H and O–H groups in total. The monoisotopic (exact) mass is 273 g/mol. The number of methoxy groups -OCH3 is 1. The summed E-state index contributed by atoms with van der Waals surface area (Å²) in [7, 11) is 1.38. The van der Waals surface area contributed by atoms with Crippen molar-refractivity contribution in [3.05, 3.63) is 34.7 Å². The van der Waals surface area contributed by atoms with Crippen molar-refractivity contribution in [2.24, 2.45) is 0 Å². The number of aliphatic hydroxyl groups is 1. The Morgan fingerprint density at radius 2 is 2.10 bits per heavy atom. The number of aromatic nitrogens is 1. The lowest BCUT2D eigenvalue weighted by atomic mass is 9.78. The lowest BCUT2D eigenvalue weighted by Gasteiger charge is -2.33. The molecule has 20 heavy (non-hydrogen) atoms. The van der Waals surface area contributed by atoms with Gasteiger partial charge >= 0.3 is 5.97 Å². The number of rotatable bonds is 2. The number of carbonyl (C=O) groups is 1. The molecule has 0 aliphatic heterocycles. The van der Waals surface area contributed by atoms with Crippen molar-refractivity contribution in [2.75, 3.05) is 7.11 Å². The quantitative estimate of drug-likeness (QED) is 0.841. The summed E-state index contributed by atoms with van der Waals surface area (Å²) in [5.74, 6) is -0.339. The minimum Gasteiger partial charge on any atom is -0.465 e. The molecule has 0 amide bonds. The SMILES string of the molecule is COC(=O)c1ccnc2c1CC(C1(O)CCCCC1)=C2. The fourth-order valence-electron chi connectivity index (χ4n) is 3.28. The van der Waals surface area contributed by atoms with E-state index in [9.17, 15) is 9.90 Å². The number of nitrogens with zero attached hydrogens (tertiary/aromatic N) is 1. The van der Waals surface area contributed by atoms with Gasteiger partial charge in [-0.2, -0.15) is 0 Å². The van der Waals surface area contributed by atoms with Crippen LogP contribution in [0.15, 0.2) is 17.8 Å². The zero-order chi connectivity index (χ0) is 14.2. The molecule has 1 fully saturated rings. The third kappa shape index (κ3) is 2.14. The Bertz CT molecular complexity index is 571. The van der Waals surface area contributed by atoms with Gasteiger partial charge in [-0.3, -0.25) is 4.98 Å². The van der Waals surface area contributed by atoms with E-state index >= 15 is 0 Å². The Hall–Kier alpha value is -1.68. The fraction of sp³-hybridized carbons (Fsp3) is 0.500. The first kappa shape index (κ1) is 13.3. The average molecular weight is 273 g/mol. The molecule has 1 heterocycles. The van der Waals surface area contributed by atoms with Gasteiger partial charge in [0.2, 0.25) is 0 Å². The topological polar surface area (TPSA) is 59.4 Å². The predicted octanol–water partition coefficient (Wildman–Crippen LogP) is 2.50. The van der Waals surface area contributed by atoms with Gasteiger partial charge in [0.1, 0.15) is 0 Å². The molecular formula is C16H19NO3. The highest BCUT2D eigenvalue weighted by Gasteiger charge is 2.36. The predicted molar refractivity (Wildman–Crippen MR) is 75.3 cm³/mol. The highest BCUT2D eigenvalue weighted by molar-refractivity contribution is 5.92. The largest absolute Gasteiger partial charge is 0.465 e. The van der Waals surface area contributed by atoms with E-state index in [1.807, 2.05) is 6.08 Å². The summed E-state index contributed by atoms with van der Waals surface area (Å²) in [5, 5.41) is 10.8. The van der Waals surface area contributed by atoms with Crippen LogP contribution >= 0.6 is 0 Å². The average Bonchev–Trinajstić information content (AvgIpc) is 2.92. The smallest absolute Gasteiger partial charge is 0.338 e. The van der Waals surface area contributed by atoms with Crippen molar-refractivity contribution >= 4 is 12.0 Å². The number of hydrogen-bond acceptors (Lipinski definition) is 4. The Morgan fingerprint density at radius 1 is 1.35 bits per heavy atom. The Labute approximate surface area is 118 Å². The van der Waals surface area contributed by atoms with Crippen LogP contribution in [0, 0.1) is 0 Å². The van der Waals surface area contributed by atoms with Crippen LogP contribution in [0.1, 0.15) is 53.7 Å². The van der Waals surface area contributed by atoms with Crippen LogP contribution in [0.25, 0.3) is 6.08 Å². The number of esters is 1. The first-order valence-corrected chi connectivity index (χ1v) is 7.14. The zero-order valence-electron chi connectivity index (χ0n) is 11.7. The van der Waals surface area contributed by atoms with Crippen LogP contribution in [0.3, 0.4) is 0 Å². The van der Waals surface area contributed by atoms with E-state index in [1.165, 1.54) is 13.5 Å². The molecule has 2 aliphatic rings. The van der Waals surface area contributed by atoms with Gasteiger partial charge in [-0.15, -0.1) is 0 Å². The standard InChI is InChI=1S/C16H19NO3/c1-20-15(18)12-5-8-17-14-10-11(9-13(12)14)16(19)6-3-2-4-7-16/h5,8,10,19H,2-4,6-7,9H2,1H3. The van der Waals surface area contributed by atoms with Gasteiger partial charge in [0.15, 0.2) is 0 Å². The van der Waals surface area contributed by atoms with E-state index in [4.69, 9.17) is 4.74 Å². The molecule has 0 aromatic carbocycles. The molecule has 106 valence electrons. The summed E-state index contributed by atoms with van der Waals surface area (Å²) >= 11 is 0. The highest BCUT2D eigenvalue weighted by Crippen LogP contribution is 2.40. The normalized spacial score (nSPS) is 20.2. The molecule has 4 nitrogen and oxygen atoms in total. The molecular weight excluding hydrogens is 254 g/mol. The summed E-state index contributed by atoms with van der Waals surface area (Å²) in [6.45, 7) is 0. The number of pyridine rings is 1. The van der Waals surface area contributed by atoms with Gasteiger partial charge in [-0.25, -0.2) is 4.79 Å². The van der Waals surface area contributed by atoms with Crippen LogP contribution in [-0.2, 0) is 11.2 Å². The summed E-state index contributed by atoms with van der Waals surface area (Å²) in [6, 6.07) is 1.69. The maximum Gasteiger partial charge on any atom is 0.338 e. The first-order chi connectivity index (χ1) is 9.64. The van der Waals surface area contributed by atoms with Gasteiger partial charge in [-0.1, -0.05) is 19.3 Å². The van der Waals surface area contributed by atoms with E-state index in [-0.39, 0.29) is 5.97 Å².